The van der Waals surface area contributed by atoms with Gasteiger partial charge in [0.05, 0.1) is 33.1 Å². The van der Waals surface area contributed by atoms with Crippen LogP contribution in [0.5, 0.6) is 0 Å². The fourth-order valence-electron chi connectivity index (χ4n) is 12.1. The molecule has 0 aliphatic rings. The second-order valence-corrected chi connectivity index (χ2v) is 25.1. The summed E-state index contributed by atoms with van der Waals surface area (Å²) in [5.74, 6) is 0. The molecule has 9 aromatic carbocycles. The van der Waals surface area contributed by atoms with Crippen LogP contribution in [0.25, 0.3) is 121 Å². The van der Waals surface area contributed by atoms with E-state index < -0.39 is 0 Å². The van der Waals surface area contributed by atoms with Crippen LogP contribution in [-0.2, 0) is 21.7 Å². The third-order valence-electron chi connectivity index (χ3n) is 16.1. The summed E-state index contributed by atoms with van der Waals surface area (Å²) in [7, 11) is 0. The average molecular weight is 933 g/mol. The predicted molar refractivity (Wildman–Crippen MR) is 312 cm³/mol. The first-order valence-corrected chi connectivity index (χ1v) is 26.1. The van der Waals surface area contributed by atoms with E-state index in [-0.39, 0.29) is 21.7 Å². The number of aromatic nitrogens is 2. The Morgan fingerprint density at radius 2 is 0.583 bits per heavy atom. The monoisotopic (exact) mass is 933 g/mol. The molecule has 0 aliphatic heterocycles. The molecule has 0 N–H and O–H groups in total. The molecule has 0 saturated carbocycles. The highest BCUT2D eigenvalue weighted by molar-refractivity contribution is 6.46. The van der Waals surface area contributed by atoms with E-state index in [4.69, 9.17) is 0 Å². The summed E-state index contributed by atoms with van der Waals surface area (Å²) in [6.07, 6.45) is 0. The molecule has 0 saturated heterocycles. The Kier molecular flexibility index (Phi) is 9.31. The number of hydrogen-bond acceptors (Lipinski definition) is 0. The highest BCUT2D eigenvalue weighted by atomic mass is 14.9. The smallest absolute Gasteiger partial charge is 0.0634 e. The minimum atomic E-state index is -0.0258. The third-order valence-corrected chi connectivity index (χ3v) is 16.1. The van der Waals surface area contributed by atoms with Gasteiger partial charge in [-0.2, -0.15) is 0 Å². The van der Waals surface area contributed by atoms with Gasteiger partial charge >= 0.3 is 0 Å². The summed E-state index contributed by atoms with van der Waals surface area (Å²) in [5, 5.41) is 10.5. The molecule has 13 rings (SSSR count). The summed E-state index contributed by atoms with van der Waals surface area (Å²) in [6.45, 7) is 28.2. The van der Waals surface area contributed by atoms with E-state index in [1.165, 1.54) is 143 Å². The topological polar surface area (TPSA) is 8.82 Å². The molecule has 354 valence electrons. The molecule has 0 spiro atoms. The average Bonchev–Trinajstić information content (AvgIpc) is 4.08. The van der Waals surface area contributed by atoms with Crippen molar-refractivity contribution in [1.82, 2.24) is 8.80 Å². The molecule has 0 aliphatic carbocycles. The normalized spacial score (nSPS) is 13.3. The quantitative estimate of drug-likeness (QED) is 0.166. The molecular formula is C70H64N2. The molecule has 2 heteroatoms. The Labute approximate surface area is 424 Å². The van der Waals surface area contributed by atoms with Crippen LogP contribution >= 0.6 is 0 Å². The third kappa shape index (κ3) is 6.53. The van der Waals surface area contributed by atoms with Crippen molar-refractivity contribution in [2.75, 3.05) is 0 Å². The summed E-state index contributed by atoms with van der Waals surface area (Å²) in [6, 6.07) is 65.4. The van der Waals surface area contributed by atoms with Crippen molar-refractivity contribution in [3.8, 4) is 44.5 Å². The molecule has 0 radical (unpaired) electrons. The fourth-order valence-corrected chi connectivity index (χ4v) is 12.1. The van der Waals surface area contributed by atoms with Crippen LogP contribution < -0.4 is 0 Å². The number of nitrogens with zero attached hydrogens (tertiary/aromatic N) is 2. The van der Waals surface area contributed by atoms with Crippen LogP contribution in [0.3, 0.4) is 0 Å². The van der Waals surface area contributed by atoms with Crippen molar-refractivity contribution < 1.29 is 0 Å². The highest BCUT2D eigenvalue weighted by Gasteiger charge is 2.32. The van der Waals surface area contributed by atoms with Gasteiger partial charge in [-0.25, -0.2) is 0 Å². The molecule has 72 heavy (non-hydrogen) atoms. The molecule has 0 bridgehead atoms. The maximum atomic E-state index is 2.68. The van der Waals surface area contributed by atoms with Crippen LogP contribution in [0.15, 0.2) is 170 Å². The first-order chi connectivity index (χ1) is 34.3. The van der Waals surface area contributed by atoms with Crippen molar-refractivity contribution in [3.63, 3.8) is 0 Å². The zero-order valence-electron chi connectivity index (χ0n) is 44.1. The highest BCUT2D eigenvalue weighted by Crippen LogP contribution is 2.55. The zero-order valence-corrected chi connectivity index (χ0v) is 44.1. The van der Waals surface area contributed by atoms with E-state index in [0.29, 0.717) is 0 Å². The lowest BCUT2D eigenvalue weighted by Gasteiger charge is -2.26. The van der Waals surface area contributed by atoms with E-state index in [9.17, 15) is 0 Å². The number of para-hydroxylation sites is 2. The number of benzene rings is 9. The van der Waals surface area contributed by atoms with Crippen molar-refractivity contribution in [2.24, 2.45) is 0 Å². The van der Waals surface area contributed by atoms with Gasteiger partial charge < -0.3 is 8.80 Å². The summed E-state index contributed by atoms with van der Waals surface area (Å²) in [5.41, 5.74) is 22.9. The SMILES string of the molecule is CC(C)(C)c1cc(-c2cccc3c4c5c6ccc(-c7ccccc7)cc6n6c7c(-c8cc(C(C)(C)C)cc(C(C)(C)C)c8)cccc7c(c7c8ccc(-c9ccccc9)cc8n(c23)c74)c56)cc(C(C)(C)C)c1. The second-order valence-electron chi connectivity index (χ2n) is 25.1. The molecule has 0 unspecified atom stereocenters. The van der Waals surface area contributed by atoms with E-state index in [0.717, 1.165) is 0 Å². The Bertz CT molecular complexity index is 3970. The Hall–Kier alpha value is -7.42. The Morgan fingerprint density at radius 3 is 0.917 bits per heavy atom. The van der Waals surface area contributed by atoms with Crippen molar-refractivity contribution >= 4 is 76.2 Å². The summed E-state index contributed by atoms with van der Waals surface area (Å²) in [4.78, 5) is 0. The first-order valence-electron chi connectivity index (χ1n) is 26.1. The molecule has 0 fully saturated rings. The second kappa shape index (κ2) is 15.1. The predicted octanol–water partition coefficient (Wildman–Crippen LogP) is 19.8. The minimum Gasteiger partial charge on any atom is -0.307 e. The van der Waals surface area contributed by atoms with Crippen molar-refractivity contribution in [2.45, 2.75) is 105 Å². The van der Waals surface area contributed by atoms with Gasteiger partial charge in [-0.05, 0) is 89.4 Å². The molecule has 0 atom stereocenters. The molecule has 0 amide bonds. The number of rotatable bonds is 4. The van der Waals surface area contributed by atoms with Crippen LogP contribution in [0.4, 0.5) is 0 Å². The van der Waals surface area contributed by atoms with Gasteiger partial charge in [0.25, 0.3) is 0 Å². The molecule has 2 nitrogen and oxygen atoms in total. The lowest BCUT2D eigenvalue weighted by molar-refractivity contribution is 0.568. The molecule has 4 heterocycles. The summed E-state index contributed by atoms with van der Waals surface area (Å²) < 4.78 is 5.36. The molecule has 13 aromatic rings. The van der Waals surface area contributed by atoms with Gasteiger partial charge in [0.1, 0.15) is 0 Å². The van der Waals surface area contributed by atoms with Gasteiger partial charge in [-0.3, -0.25) is 0 Å². The van der Waals surface area contributed by atoms with E-state index in [1.54, 1.807) is 0 Å². The maximum Gasteiger partial charge on any atom is 0.0634 e. The van der Waals surface area contributed by atoms with E-state index >= 15 is 0 Å². The minimum absolute atomic E-state index is 0.0258. The molecule has 4 aromatic heterocycles. The first kappa shape index (κ1) is 44.5. The van der Waals surface area contributed by atoms with Gasteiger partial charge in [0.2, 0.25) is 0 Å². The number of hydrogen-bond donors (Lipinski definition) is 0. The lowest BCUT2D eigenvalue weighted by Crippen LogP contribution is -2.16. The number of fused-ring (bicyclic) bond motifs is 14. The van der Waals surface area contributed by atoms with Gasteiger partial charge in [0.15, 0.2) is 0 Å². The van der Waals surface area contributed by atoms with Crippen LogP contribution in [-0.4, -0.2) is 8.80 Å². The van der Waals surface area contributed by atoms with Crippen molar-refractivity contribution in [1.29, 1.82) is 0 Å². The molecular weight excluding hydrogens is 869 g/mol. The Morgan fingerprint density at radius 1 is 0.250 bits per heavy atom. The maximum absolute atomic E-state index is 2.68. The van der Waals surface area contributed by atoms with E-state index in [2.05, 4.69) is 262 Å². The van der Waals surface area contributed by atoms with Crippen LogP contribution in [0, 0.1) is 0 Å². The largest absolute Gasteiger partial charge is 0.307 e. The van der Waals surface area contributed by atoms with E-state index in [1.807, 2.05) is 0 Å². The summed E-state index contributed by atoms with van der Waals surface area (Å²) >= 11 is 0. The lowest BCUT2D eigenvalue weighted by atomic mass is 9.78. The van der Waals surface area contributed by atoms with Gasteiger partial charge in [-0.1, -0.05) is 241 Å². The van der Waals surface area contributed by atoms with Crippen LogP contribution in [0.2, 0.25) is 0 Å². The van der Waals surface area contributed by atoms with Gasteiger partial charge in [0, 0.05) is 54.2 Å². The zero-order chi connectivity index (χ0) is 50.0. The standard InChI is InChI=1S/C70H64N2/c1-67(2,3)47-33-45(34-48(39-47)68(4,5)6)51-25-19-27-55-61-59-54-32-30-44(42-23-17-14-18-24-42)38-58(54)72-64-52(46-35-49(69(7,8)9)40-50(36-46)70(10,11)12)26-20-28-56(64)62(66(59)72)60-53-31-29-43(41-21-15-13-16-22-41)37-57(53)71(63(51)55)65(60)61/h13-40H,1-12H3. The fraction of sp³-hybridized carbons (Fsp3) is 0.229. The van der Waals surface area contributed by atoms with Crippen LogP contribution in [0.1, 0.15) is 105 Å². The van der Waals surface area contributed by atoms with Gasteiger partial charge in [-0.15, -0.1) is 0 Å². The Balaban J connectivity index is 1.27. The van der Waals surface area contributed by atoms with Crippen molar-refractivity contribution in [3.05, 3.63) is 192 Å².